The fourth-order valence-electron chi connectivity index (χ4n) is 4.77. The first-order valence-corrected chi connectivity index (χ1v) is 9.82. The van der Waals surface area contributed by atoms with Gasteiger partial charge in [0.1, 0.15) is 5.75 Å². The van der Waals surface area contributed by atoms with Crippen LogP contribution in [0.15, 0.2) is 30.6 Å². The molecule has 1 aromatic carbocycles. The molecule has 1 amide bonds. The smallest absolute Gasteiger partial charge is 0.289 e. The van der Waals surface area contributed by atoms with Crippen LogP contribution in [0.4, 0.5) is 0 Å². The van der Waals surface area contributed by atoms with Crippen LogP contribution in [0.3, 0.4) is 0 Å². The molecule has 3 aromatic rings. The number of hydrogen-bond acceptors (Lipinski definition) is 4. The van der Waals surface area contributed by atoms with Crippen molar-refractivity contribution in [3.63, 3.8) is 0 Å². The zero-order valence-electron chi connectivity index (χ0n) is 16.3. The van der Waals surface area contributed by atoms with E-state index in [1.165, 1.54) is 16.6 Å². The summed E-state index contributed by atoms with van der Waals surface area (Å²) in [4.78, 5) is 22.6. The number of fused-ring (bicyclic) bond motifs is 4. The topological polar surface area (TPSA) is 75.2 Å². The molecule has 1 fully saturated rings. The number of aryl methyl sites for hydroxylation is 1. The van der Waals surface area contributed by atoms with E-state index in [0.717, 1.165) is 50.2 Å². The third-order valence-electron chi connectivity index (χ3n) is 6.35. The Morgan fingerprint density at radius 2 is 2.11 bits per heavy atom. The van der Waals surface area contributed by atoms with Crippen molar-refractivity contribution in [3.05, 3.63) is 47.7 Å². The minimum Gasteiger partial charge on any atom is -0.497 e. The second-order valence-corrected chi connectivity index (χ2v) is 7.80. The van der Waals surface area contributed by atoms with Crippen molar-refractivity contribution in [1.29, 1.82) is 0 Å². The summed E-state index contributed by atoms with van der Waals surface area (Å²) in [5.74, 6) is 1.41. The molecule has 2 aliphatic heterocycles. The van der Waals surface area contributed by atoms with Crippen molar-refractivity contribution in [2.75, 3.05) is 26.7 Å². The van der Waals surface area contributed by atoms with E-state index in [-0.39, 0.29) is 11.4 Å². The third-order valence-corrected chi connectivity index (χ3v) is 6.35. The first-order chi connectivity index (χ1) is 13.6. The van der Waals surface area contributed by atoms with E-state index in [1.807, 2.05) is 24.2 Å². The lowest BCUT2D eigenvalue weighted by Gasteiger charge is -2.44. The highest BCUT2D eigenvalue weighted by atomic mass is 16.5. The molecule has 0 saturated carbocycles. The van der Waals surface area contributed by atoms with Crippen molar-refractivity contribution < 1.29 is 9.53 Å². The van der Waals surface area contributed by atoms with Gasteiger partial charge in [-0.15, -0.1) is 0 Å². The summed E-state index contributed by atoms with van der Waals surface area (Å²) in [5.41, 5.74) is 3.72. The quantitative estimate of drug-likeness (QED) is 0.716. The van der Waals surface area contributed by atoms with Gasteiger partial charge in [0.05, 0.1) is 12.6 Å². The maximum absolute atomic E-state index is 12.8. The number of carbonyl (C=O) groups is 1. The summed E-state index contributed by atoms with van der Waals surface area (Å²) in [6.45, 7) is 2.39. The number of aromatic nitrogens is 3. The minimum atomic E-state index is -0.0990. The van der Waals surface area contributed by atoms with Crippen molar-refractivity contribution in [2.45, 2.75) is 24.8 Å². The molecule has 28 heavy (non-hydrogen) atoms. The van der Waals surface area contributed by atoms with Gasteiger partial charge in [0.25, 0.3) is 5.91 Å². The summed E-state index contributed by atoms with van der Waals surface area (Å²) in [6.07, 6.45) is 6.26. The molecule has 2 aromatic heterocycles. The predicted molar refractivity (Wildman–Crippen MR) is 107 cm³/mol. The van der Waals surface area contributed by atoms with Crippen LogP contribution in [0.25, 0.3) is 10.9 Å². The Kier molecular flexibility index (Phi) is 3.94. The molecule has 7 heteroatoms. The van der Waals surface area contributed by atoms with Crippen LogP contribution in [0.1, 0.15) is 34.7 Å². The zero-order chi connectivity index (χ0) is 19.3. The summed E-state index contributed by atoms with van der Waals surface area (Å²) in [7, 11) is 3.57. The molecule has 0 aliphatic carbocycles. The van der Waals surface area contributed by atoms with Crippen molar-refractivity contribution >= 4 is 16.8 Å². The lowest BCUT2D eigenvalue weighted by atomic mass is 9.79. The van der Waals surface area contributed by atoms with Gasteiger partial charge in [0.2, 0.25) is 0 Å². The van der Waals surface area contributed by atoms with Gasteiger partial charge in [-0.25, -0.2) is 4.98 Å². The Morgan fingerprint density at radius 1 is 1.29 bits per heavy atom. The second kappa shape index (κ2) is 6.38. The number of piperidine rings is 1. The Hall–Kier alpha value is -2.80. The van der Waals surface area contributed by atoms with E-state index in [9.17, 15) is 4.79 Å². The van der Waals surface area contributed by atoms with Crippen LogP contribution in [0.5, 0.6) is 5.75 Å². The number of rotatable bonds is 2. The van der Waals surface area contributed by atoms with Gasteiger partial charge in [-0.05, 0) is 43.0 Å². The maximum atomic E-state index is 12.8. The van der Waals surface area contributed by atoms with Crippen LogP contribution >= 0.6 is 0 Å². The highest BCUT2D eigenvalue weighted by molar-refractivity contribution is 5.91. The van der Waals surface area contributed by atoms with Crippen LogP contribution in [-0.4, -0.2) is 52.1 Å². The number of likely N-dealkylation sites (tertiary alicyclic amines) is 1. The lowest BCUT2D eigenvalue weighted by Crippen LogP contribution is -2.55. The molecular weight excluding hydrogens is 354 g/mol. The number of benzene rings is 1. The molecule has 146 valence electrons. The number of ether oxygens (including phenoxy) is 1. The van der Waals surface area contributed by atoms with Gasteiger partial charge < -0.3 is 24.5 Å². The molecule has 0 bridgehead atoms. The zero-order valence-corrected chi connectivity index (χ0v) is 16.3. The number of nitrogens with one attached hydrogen (secondary N) is 2. The Morgan fingerprint density at radius 3 is 2.82 bits per heavy atom. The monoisotopic (exact) mass is 379 g/mol. The molecule has 1 spiro atoms. The molecule has 4 heterocycles. The molecule has 1 saturated heterocycles. The molecule has 2 aliphatic rings. The molecular formula is C21H25N5O2. The first-order valence-electron chi connectivity index (χ1n) is 9.82. The second-order valence-electron chi connectivity index (χ2n) is 7.80. The number of aromatic amines is 1. The van der Waals surface area contributed by atoms with E-state index >= 15 is 0 Å². The summed E-state index contributed by atoms with van der Waals surface area (Å²) < 4.78 is 7.21. The number of imidazole rings is 1. The van der Waals surface area contributed by atoms with Crippen LogP contribution in [0, 0.1) is 0 Å². The van der Waals surface area contributed by atoms with E-state index in [0.29, 0.717) is 5.82 Å². The number of nitrogens with zero attached hydrogens (tertiary/aromatic N) is 3. The first kappa shape index (κ1) is 17.3. The predicted octanol–water partition coefficient (Wildman–Crippen LogP) is 2.19. The van der Waals surface area contributed by atoms with Crippen molar-refractivity contribution in [3.8, 4) is 5.75 Å². The van der Waals surface area contributed by atoms with Gasteiger partial charge in [-0.1, -0.05) is 0 Å². The Bertz CT molecular complexity index is 1040. The summed E-state index contributed by atoms with van der Waals surface area (Å²) >= 11 is 0. The minimum absolute atomic E-state index is 0.0137. The van der Waals surface area contributed by atoms with Gasteiger partial charge in [0.15, 0.2) is 5.82 Å². The summed E-state index contributed by atoms with van der Waals surface area (Å²) in [5, 5.41) is 5.02. The average molecular weight is 379 g/mol. The number of methoxy groups -OCH3 is 1. The van der Waals surface area contributed by atoms with Crippen molar-refractivity contribution in [1.82, 2.24) is 24.8 Å². The number of amides is 1. The average Bonchev–Trinajstić information content (AvgIpc) is 3.32. The molecule has 5 rings (SSSR count). The SMILES string of the molecule is COc1ccc2[nH]c3c(c2c1)CCNC31CCN(C(=O)c2nccn2C)CC1. The van der Waals surface area contributed by atoms with E-state index in [2.05, 4.69) is 27.4 Å². The highest BCUT2D eigenvalue weighted by Crippen LogP contribution is 2.41. The number of hydrogen-bond donors (Lipinski definition) is 2. The highest BCUT2D eigenvalue weighted by Gasteiger charge is 2.42. The normalized spacial score (nSPS) is 18.4. The number of H-pyrrole nitrogens is 1. The van der Waals surface area contributed by atoms with Gasteiger partial charge >= 0.3 is 0 Å². The molecule has 2 N–H and O–H groups in total. The molecule has 0 unspecified atom stereocenters. The van der Waals surface area contributed by atoms with Crippen molar-refractivity contribution in [2.24, 2.45) is 7.05 Å². The van der Waals surface area contributed by atoms with E-state index in [4.69, 9.17) is 4.74 Å². The lowest BCUT2D eigenvalue weighted by molar-refractivity contribution is 0.0611. The summed E-state index contributed by atoms with van der Waals surface area (Å²) in [6, 6.07) is 6.22. The van der Waals surface area contributed by atoms with Crippen LogP contribution in [-0.2, 0) is 19.0 Å². The number of carbonyl (C=O) groups excluding carboxylic acids is 1. The maximum Gasteiger partial charge on any atom is 0.289 e. The molecule has 0 atom stereocenters. The third kappa shape index (κ3) is 2.53. The van der Waals surface area contributed by atoms with E-state index in [1.54, 1.807) is 17.9 Å². The van der Waals surface area contributed by atoms with Gasteiger partial charge in [0, 0.05) is 55.7 Å². The van der Waals surface area contributed by atoms with E-state index < -0.39 is 0 Å². The largest absolute Gasteiger partial charge is 0.497 e. The Balaban J connectivity index is 1.44. The van der Waals surface area contributed by atoms with Crippen LogP contribution in [0.2, 0.25) is 0 Å². The van der Waals surface area contributed by atoms with Crippen LogP contribution < -0.4 is 10.1 Å². The van der Waals surface area contributed by atoms with Gasteiger partial charge in [-0.2, -0.15) is 0 Å². The van der Waals surface area contributed by atoms with Gasteiger partial charge in [-0.3, -0.25) is 4.79 Å². The fourth-order valence-corrected chi connectivity index (χ4v) is 4.77. The standard InChI is InChI=1S/C21H25N5O2/c1-25-12-9-22-19(25)20(27)26-10-6-21(7-11-26)18-15(5-8-23-21)16-13-14(28-2)3-4-17(16)24-18/h3-4,9,12-13,23-24H,5-8,10-11H2,1-2H3. The molecule has 7 nitrogen and oxygen atoms in total. The molecule has 0 radical (unpaired) electrons. The Labute approximate surface area is 163 Å². The fraction of sp³-hybridized carbons (Fsp3) is 0.429.